The number of aromatic nitrogens is 3. The molecule has 0 aliphatic rings. The topological polar surface area (TPSA) is 103 Å². The largest absolute Gasteiger partial charge is 0.453 e. The molecule has 2 aromatic carbocycles. The first kappa shape index (κ1) is 23.2. The number of benzene rings is 2. The van der Waals surface area contributed by atoms with E-state index in [0.717, 1.165) is 20.8 Å². The number of thiophene rings is 1. The Morgan fingerprint density at radius 1 is 1.08 bits per heavy atom. The number of halogens is 1. The number of hydrogen-bond acceptors (Lipinski definition) is 6. The number of carbonyl (C=O) groups excluding carboxylic acids is 2. The van der Waals surface area contributed by atoms with Crippen molar-refractivity contribution in [3.05, 3.63) is 85.2 Å². The fraction of sp³-hybridized carbons (Fsp3) is 0.0769. The van der Waals surface area contributed by atoms with Crippen LogP contribution in [0.4, 0.5) is 15.8 Å². The summed E-state index contributed by atoms with van der Waals surface area (Å²) in [6, 6.07) is 16.4. The number of imidazole rings is 1. The molecule has 2 N–H and O–H groups in total. The van der Waals surface area contributed by atoms with Crippen LogP contribution >= 0.6 is 11.3 Å². The van der Waals surface area contributed by atoms with E-state index in [9.17, 15) is 9.59 Å². The van der Waals surface area contributed by atoms with Gasteiger partial charge in [0.05, 0.1) is 39.0 Å². The van der Waals surface area contributed by atoms with E-state index in [0.29, 0.717) is 11.4 Å². The third-order valence-corrected chi connectivity index (χ3v) is 6.59. The molecule has 2 amide bonds. The van der Waals surface area contributed by atoms with Crippen molar-refractivity contribution in [2.24, 2.45) is 12.8 Å². The summed E-state index contributed by atoms with van der Waals surface area (Å²) in [4.78, 5) is 34.9. The van der Waals surface area contributed by atoms with E-state index in [1.54, 1.807) is 61.2 Å². The number of aryl methyl sites for hydroxylation is 1. The minimum atomic E-state index is -0.774. The van der Waals surface area contributed by atoms with E-state index >= 15 is 4.39 Å². The Labute approximate surface area is 209 Å². The number of nitrogens with two attached hydrogens (primary N) is 1. The predicted octanol–water partition coefficient (Wildman–Crippen LogP) is 5.17. The number of fused-ring (bicyclic) bond motifs is 1. The Hall–Kier alpha value is -4.57. The highest BCUT2D eigenvalue weighted by molar-refractivity contribution is 7.22. The fourth-order valence-corrected chi connectivity index (χ4v) is 4.91. The van der Waals surface area contributed by atoms with Crippen molar-refractivity contribution in [3.8, 4) is 22.1 Å². The molecule has 8 nitrogen and oxygen atoms in total. The van der Waals surface area contributed by atoms with Gasteiger partial charge in [-0.05, 0) is 30.3 Å². The summed E-state index contributed by atoms with van der Waals surface area (Å²) in [6.07, 6.45) is 4.57. The van der Waals surface area contributed by atoms with Gasteiger partial charge in [0, 0.05) is 31.1 Å². The monoisotopic (exact) mass is 501 g/mol. The van der Waals surface area contributed by atoms with E-state index in [4.69, 9.17) is 10.5 Å². The van der Waals surface area contributed by atoms with Gasteiger partial charge in [0.15, 0.2) is 11.6 Å². The molecule has 0 spiro atoms. The number of amides is 2. The number of anilines is 2. The molecule has 0 aliphatic heterocycles. The van der Waals surface area contributed by atoms with E-state index in [2.05, 4.69) is 9.97 Å². The van der Waals surface area contributed by atoms with Gasteiger partial charge in [-0.1, -0.05) is 18.2 Å². The Bertz CT molecular complexity index is 1580. The number of hydrogen-bond donors (Lipinski definition) is 1. The lowest BCUT2D eigenvalue weighted by Crippen LogP contribution is -2.30. The Morgan fingerprint density at radius 2 is 1.89 bits per heavy atom. The van der Waals surface area contributed by atoms with E-state index < -0.39 is 24.1 Å². The van der Waals surface area contributed by atoms with Crippen LogP contribution in [0.1, 0.15) is 6.42 Å². The van der Waals surface area contributed by atoms with E-state index in [-0.39, 0.29) is 11.4 Å². The number of ether oxygens (including phenoxy) is 1. The highest BCUT2D eigenvalue weighted by atomic mass is 32.1. The van der Waals surface area contributed by atoms with E-state index in [1.165, 1.54) is 28.4 Å². The second-order valence-electron chi connectivity index (χ2n) is 7.95. The van der Waals surface area contributed by atoms with Gasteiger partial charge in [0.2, 0.25) is 11.8 Å². The molecule has 0 atom stereocenters. The minimum Gasteiger partial charge on any atom is -0.453 e. The Balaban J connectivity index is 1.48. The predicted molar refractivity (Wildman–Crippen MR) is 136 cm³/mol. The summed E-state index contributed by atoms with van der Waals surface area (Å²) in [5.74, 6) is -1.58. The summed E-state index contributed by atoms with van der Waals surface area (Å²) < 4.78 is 23.9. The van der Waals surface area contributed by atoms with Crippen LogP contribution in [0.25, 0.3) is 20.8 Å². The first-order chi connectivity index (χ1) is 17.4. The number of rotatable bonds is 7. The minimum absolute atomic E-state index is 0.0166. The average molecular weight is 502 g/mol. The number of nitrogens with zero attached hydrogens (tertiary/aromatic N) is 4. The summed E-state index contributed by atoms with van der Waals surface area (Å²) in [6.45, 7) is 0. The van der Waals surface area contributed by atoms with Gasteiger partial charge in [-0.25, -0.2) is 9.37 Å². The molecular formula is C26H20FN5O3S. The van der Waals surface area contributed by atoms with Gasteiger partial charge in [-0.2, -0.15) is 0 Å². The van der Waals surface area contributed by atoms with Crippen molar-refractivity contribution in [1.29, 1.82) is 0 Å². The highest BCUT2D eigenvalue weighted by Gasteiger charge is 2.22. The molecule has 5 aromatic rings. The highest BCUT2D eigenvalue weighted by Crippen LogP contribution is 2.40. The fourth-order valence-electron chi connectivity index (χ4n) is 3.79. The summed E-state index contributed by atoms with van der Waals surface area (Å²) in [5, 5.41) is 0. The first-order valence-corrected chi connectivity index (χ1v) is 11.7. The van der Waals surface area contributed by atoms with Crippen LogP contribution in [-0.4, -0.2) is 26.3 Å². The maximum atomic E-state index is 15.2. The van der Waals surface area contributed by atoms with Crippen molar-refractivity contribution in [2.45, 2.75) is 6.42 Å². The molecule has 0 radical (unpaired) electrons. The quantitative estimate of drug-likeness (QED) is 0.310. The number of pyridine rings is 1. The van der Waals surface area contributed by atoms with Gasteiger partial charge in [-0.3, -0.25) is 19.5 Å². The van der Waals surface area contributed by atoms with Gasteiger partial charge >= 0.3 is 0 Å². The first-order valence-electron chi connectivity index (χ1n) is 10.9. The van der Waals surface area contributed by atoms with Crippen molar-refractivity contribution in [1.82, 2.24) is 14.5 Å². The molecule has 0 bridgehead atoms. The molecule has 5 rings (SSSR count). The summed E-state index contributed by atoms with van der Waals surface area (Å²) >= 11 is 1.47. The smallest absolute Gasteiger partial charge is 0.240 e. The van der Waals surface area contributed by atoms with Crippen LogP contribution in [0, 0.1) is 5.82 Å². The van der Waals surface area contributed by atoms with Crippen LogP contribution in [0.5, 0.6) is 11.5 Å². The number of para-hydroxylation sites is 1. The van der Waals surface area contributed by atoms with Gasteiger partial charge in [0.25, 0.3) is 0 Å². The lowest BCUT2D eigenvalue weighted by atomic mass is 10.2. The molecule has 0 saturated heterocycles. The zero-order valence-electron chi connectivity index (χ0n) is 19.1. The lowest BCUT2D eigenvalue weighted by Gasteiger charge is -2.23. The van der Waals surface area contributed by atoms with Crippen molar-refractivity contribution in [3.63, 3.8) is 0 Å². The molecule has 10 heteroatoms. The number of primary amides is 1. The summed E-state index contributed by atoms with van der Waals surface area (Å²) in [7, 11) is 1.90. The van der Waals surface area contributed by atoms with Crippen molar-refractivity contribution in [2.75, 3.05) is 4.90 Å². The van der Waals surface area contributed by atoms with E-state index in [1.807, 2.05) is 17.7 Å². The molecule has 3 heterocycles. The Kier molecular flexibility index (Phi) is 6.17. The number of carbonyl (C=O) groups is 2. The average Bonchev–Trinajstić information content (AvgIpc) is 3.47. The maximum Gasteiger partial charge on any atom is 0.240 e. The summed E-state index contributed by atoms with van der Waals surface area (Å²) in [5.41, 5.74) is 7.60. The molecule has 36 heavy (non-hydrogen) atoms. The van der Waals surface area contributed by atoms with Crippen LogP contribution < -0.4 is 15.4 Å². The van der Waals surface area contributed by atoms with Crippen molar-refractivity contribution >= 4 is 44.7 Å². The Morgan fingerprint density at radius 3 is 2.58 bits per heavy atom. The molecule has 0 saturated carbocycles. The molecule has 0 fully saturated rings. The van der Waals surface area contributed by atoms with Crippen LogP contribution in [0.15, 0.2) is 79.4 Å². The zero-order valence-corrected chi connectivity index (χ0v) is 19.9. The second-order valence-corrected chi connectivity index (χ2v) is 9.00. The maximum absolute atomic E-state index is 15.2. The standard InChI is InChI=1S/C26H20FN5O3S/c1-31-15-29-14-20(31)23-12-19-26(36-23)22(9-10-30-19)35-21-8-7-17(11-18(21)27)32(25(34)13-24(28)33)16-5-3-2-4-6-16/h2-12,14-15H,13H2,1H3,(H2,28,33). The molecular weight excluding hydrogens is 481 g/mol. The van der Waals surface area contributed by atoms with Crippen molar-refractivity contribution < 1.29 is 18.7 Å². The van der Waals surface area contributed by atoms with Gasteiger partial charge in [0.1, 0.15) is 12.2 Å². The lowest BCUT2D eigenvalue weighted by molar-refractivity contribution is -0.125. The van der Waals surface area contributed by atoms with Gasteiger partial charge < -0.3 is 15.0 Å². The van der Waals surface area contributed by atoms with Crippen LogP contribution in [0.3, 0.4) is 0 Å². The molecule has 180 valence electrons. The third kappa shape index (κ3) is 4.53. The second kappa shape index (κ2) is 9.59. The third-order valence-electron chi connectivity index (χ3n) is 5.43. The molecule has 0 unspecified atom stereocenters. The normalized spacial score (nSPS) is 10.9. The van der Waals surface area contributed by atoms with Gasteiger partial charge in [-0.15, -0.1) is 11.3 Å². The zero-order chi connectivity index (χ0) is 25.2. The van der Waals surface area contributed by atoms with Crippen LogP contribution in [-0.2, 0) is 16.6 Å². The SMILES string of the molecule is Cn1cncc1-c1cc2nccc(Oc3ccc(N(C(=O)CC(N)=O)c4ccccc4)cc3F)c2s1. The van der Waals surface area contributed by atoms with Crippen LogP contribution in [0.2, 0.25) is 0 Å². The molecule has 3 aromatic heterocycles. The molecule has 0 aliphatic carbocycles.